The number of aromatic nitrogens is 2. The van der Waals surface area contributed by atoms with Crippen molar-refractivity contribution in [1.29, 1.82) is 0 Å². The number of allylic oxidation sites excluding steroid dienone is 1. The summed E-state index contributed by atoms with van der Waals surface area (Å²) < 4.78 is 0. The van der Waals surface area contributed by atoms with Crippen LogP contribution in [0.25, 0.3) is 0 Å². The number of carbonyl (C=O) groups is 1. The molecule has 4 aliphatic carbocycles. The number of carbonyl (C=O) groups excluding carboxylic acids is 1. The Morgan fingerprint density at radius 2 is 1.94 bits per heavy atom. The van der Waals surface area contributed by atoms with Crippen LogP contribution in [0.15, 0.2) is 23.5 Å². The van der Waals surface area contributed by atoms with Crippen LogP contribution in [0.4, 0.5) is 5.82 Å². The Bertz CT molecular complexity index is 895. The van der Waals surface area contributed by atoms with E-state index < -0.39 is 5.66 Å². The van der Waals surface area contributed by atoms with Gasteiger partial charge in [0.1, 0.15) is 12.1 Å². The monoisotopic (exact) mass is 421 g/mol. The summed E-state index contributed by atoms with van der Waals surface area (Å²) >= 11 is 0. The predicted molar refractivity (Wildman–Crippen MR) is 118 cm³/mol. The first-order valence-corrected chi connectivity index (χ1v) is 11.8. The number of nitrogens with one attached hydrogen (secondary N) is 1. The van der Waals surface area contributed by atoms with E-state index in [0.717, 1.165) is 47.5 Å². The van der Waals surface area contributed by atoms with Crippen LogP contribution < -0.4 is 5.32 Å². The second kappa shape index (κ2) is 7.20. The molecule has 1 aromatic heterocycles. The van der Waals surface area contributed by atoms with Crippen LogP contribution in [0.3, 0.4) is 0 Å². The van der Waals surface area contributed by atoms with Crippen molar-refractivity contribution in [1.82, 2.24) is 14.9 Å². The van der Waals surface area contributed by atoms with E-state index in [-0.39, 0.29) is 11.5 Å². The second-order valence-corrected chi connectivity index (χ2v) is 10.5. The Morgan fingerprint density at radius 1 is 1.19 bits per heavy atom. The van der Waals surface area contributed by atoms with Crippen molar-refractivity contribution < 1.29 is 9.90 Å². The van der Waals surface area contributed by atoms with E-state index in [0.29, 0.717) is 19.6 Å². The molecule has 0 radical (unpaired) electrons. The van der Waals surface area contributed by atoms with Crippen LogP contribution in [0, 0.1) is 23.2 Å². The van der Waals surface area contributed by atoms with Gasteiger partial charge < -0.3 is 10.4 Å². The Hall–Kier alpha value is -2.12. The molecule has 2 N–H and O–H groups in total. The maximum Gasteiger partial charge on any atom is 0.188 e. The summed E-state index contributed by atoms with van der Waals surface area (Å²) in [7, 11) is 0. The SMILES string of the molecule is O=C[C@@]1(N2CCc3c(ncnc3NC[C@@H](O)C34CC5CC(CC(C5)C3)C4)C2)C=CC=N1. The molecule has 2 atom stereocenters. The minimum Gasteiger partial charge on any atom is -0.391 e. The fraction of sp³-hybridized carbons (Fsp3) is 0.667. The van der Waals surface area contributed by atoms with Crippen molar-refractivity contribution in [3.8, 4) is 0 Å². The molecule has 0 unspecified atom stereocenters. The van der Waals surface area contributed by atoms with E-state index in [9.17, 15) is 9.90 Å². The lowest BCUT2D eigenvalue weighted by Crippen LogP contribution is -2.53. The first-order valence-electron chi connectivity index (χ1n) is 11.8. The molecule has 6 aliphatic rings. The van der Waals surface area contributed by atoms with Gasteiger partial charge in [0.25, 0.3) is 0 Å². The third kappa shape index (κ3) is 3.16. The highest BCUT2D eigenvalue weighted by Crippen LogP contribution is 2.61. The number of aldehydes is 1. The number of aliphatic hydroxyl groups is 1. The number of hydrogen-bond acceptors (Lipinski definition) is 7. The first-order chi connectivity index (χ1) is 15.1. The molecule has 0 spiro atoms. The van der Waals surface area contributed by atoms with Gasteiger partial charge in [0.15, 0.2) is 11.9 Å². The summed E-state index contributed by atoms with van der Waals surface area (Å²) in [5, 5.41) is 14.7. The summed E-state index contributed by atoms with van der Waals surface area (Å²) in [6, 6.07) is 0. The first kappa shape index (κ1) is 19.6. The third-order valence-corrected chi connectivity index (χ3v) is 8.65. The van der Waals surface area contributed by atoms with Crippen molar-refractivity contribution in [3.05, 3.63) is 29.7 Å². The maximum absolute atomic E-state index is 11.8. The van der Waals surface area contributed by atoms with Crippen LogP contribution in [0.1, 0.15) is 49.8 Å². The van der Waals surface area contributed by atoms with Gasteiger partial charge in [-0.05, 0) is 80.3 Å². The molecule has 0 amide bonds. The lowest BCUT2D eigenvalue weighted by molar-refractivity contribution is -0.116. The smallest absolute Gasteiger partial charge is 0.188 e. The number of hydrogen-bond donors (Lipinski definition) is 2. The van der Waals surface area contributed by atoms with E-state index in [2.05, 4.69) is 25.2 Å². The predicted octanol–water partition coefficient (Wildman–Crippen LogP) is 2.36. The Balaban J connectivity index is 1.16. The number of nitrogens with zero attached hydrogens (tertiary/aromatic N) is 4. The number of rotatable bonds is 6. The van der Waals surface area contributed by atoms with Crippen molar-refractivity contribution in [3.63, 3.8) is 0 Å². The van der Waals surface area contributed by atoms with Gasteiger partial charge in [-0.15, -0.1) is 0 Å². The van der Waals surface area contributed by atoms with Crippen molar-refractivity contribution in [2.45, 2.75) is 63.3 Å². The van der Waals surface area contributed by atoms with Gasteiger partial charge in [0, 0.05) is 31.4 Å². The van der Waals surface area contributed by atoms with Crippen LogP contribution in [-0.4, -0.2) is 57.3 Å². The maximum atomic E-state index is 11.8. The molecule has 4 bridgehead atoms. The van der Waals surface area contributed by atoms with Crippen LogP contribution in [0.2, 0.25) is 0 Å². The number of aliphatic hydroxyl groups excluding tert-OH is 1. The highest BCUT2D eigenvalue weighted by atomic mass is 16.3. The fourth-order valence-electron chi connectivity index (χ4n) is 7.53. The average molecular weight is 422 g/mol. The quantitative estimate of drug-likeness (QED) is 0.686. The molecule has 164 valence electrons. The average Bonchev–Trinajstić information content (AvgIpc) is 3.26. The molecule has 0 saturated heterocycles. The van der Waals surface area contributed by atoms with Gasteiger partial charge in [0.05, 0.1) is 11.8 Å². The largest absolute Gasteiger partial charge is 0.391 e. The van der Waals surface area contributed by atoms with E-state index in [1.807, 2.05) is 12.2 Å². The zero-order chi connectivity index (χ0) is 21.1. The van der Waals surface area contributed by atoms with E-state index >= 15 is 0 Å². The molecule has 4 saturated carbocycles. The Labute approximate surface area is 183 Å². The molecule has 7 nitrogen and oxygen atoms in total. The molecule has 2 aliphatic heterocycles. The van der Waals surface area contributed by atoms with E-state index in [1.54, 1.807) is 12.5 Å². The van der Waals surface area contributed by atoms with Gasteiger partial charge in [-0.2, -0.15) is 0 Å². The number of aliphatic imine (C=N–C) groups is 1. The van der Waals surface area contributed by atoms with Gasteiger partial charge >= 0.3 is 0 Å². The minimum absolute atomic E-state index is 0.106. The summed E-state index contributed by atoms with van der Waals surface area (Å²) in [5.74, 6) is 3.32. The standard InChI is InChI=1S/C24H31N5O2/c30-14-24(3-1-4-28-24)29-5-2-19-20(13-29)26-15-27-22(19)25-12-21(31)23-9-16-6-17(10-23)8-18(7-16)11-23/h1,3-4,14-18,21,31H,2,5-13H2,(H,25,26,27)/t16?,17?,18?,21-,23?,24+/m1/s1. The normalized spacial score (nSPS) is 38.9. The Kier molecular flexibility index (Phi) is 4.54. The highest BCUT2D eigenvalue weighted by Gasteiger charge is 2.53. The van der Waals surface area contributed by atoms with Crippen molar-refractivity contribution >= 4 is 18.3 Å². The summed E-state index contributed by atoms with van der Waals surface area (Å²) in [6.07, 6.45) is 16.0. The summed E-state index contributed by atoms with van der Waals surface area (Å²) in [4.78, 5) is 27.2. The molecule has 31 heavy (non-hydrogen) atoms. The summed E-state index contributed by atoms with van der Waals surface area (Å²) in [6.45, 7) is 1.82. The van der Waals surface area contributed by atoms with Crippen molar-refractivity contribution in [2.75, 3.05) is 18.4 Å². The highest BCUT2D eigenvalue weighted by molar-refractivity contribution is 5.83. The van der Waals surface area contributed by atoms with Gasteiger partial charge in [0.2, 0.25) is 0 Å². The topological polar surface area (TPSA) is 90.7 Å². The lowest BCUT2D eigenvalue weighted by Gasteiger charge is -2.58. The molecule has 4 fully saturated rings. The number of fused-ring (bicyclic) bond motifs is 1. The van der Waals surface area contributed by atoms with Crippen molar-refractivity contribution in [2.24, 2.45) is 28.2 Å². The molecule has 7 rings (SSSR count). The lowest BCUT2D eigenvalue weighted by atomic mass is 9.48. The van der Waals surface area contributed by atoms with Crippen LogP contribution in [-0.2, 0) is 17.8 Å². The molecule has 3 heterocycles. The van der Waals surface area contributed by atoms with Crippen LogP contribution >= 0.6 is 0 Å². The molecule has 0 aromatic carbocycles. The third-order valence-electron chi connectivity index (χ3n) is 8.65. The zero-order valence-corrected chi connectivity index (χ0v) is 17.9. The Morgan fingerprint density at radius 3 is 2.58 bits per heavy atom. The van der Waals surface area contributed by atoms with Gasteiger partial charge in [-0.1, -0.05) is 0 Å². The molecular weight excluding hydrogens is 390 g/mol. The molecule has 7 heteroatoms. The molecular formula is C24H31N5O2. The van der Waals surface area contributed by atoms with E-state index in [1.165, 1.54) is 38.5 Å². The summed E-state index contributed by atoms with van der Waals surface area (Å²) in [5.41, 5.74) is 1.24. The van der Waals surface area contributed by atoms with Gasteiger partial charge in [-0.25, -0.2) is 9.97 Å². The van der Waals surface area contributed by atoms with Gasteiger partial charge in [-0.3, -0.25) is 14.7 Å². The fourth-order valence-corrected chi connectivity index (χ4v) is 7.53. The van der Waals surface area contributed by atoms with Crippen LogP contribution in [0.5, 0.6) is 0 Å². The second-order valence-electron chi connectivity index (χ2n) is 10.5. The minimum atomic E-state index is -0.898. The molecule has 1 aromatic rings. The van der Waals surface area contributed by atoms with E-state index in [4.69, 9.17) is 0 Å². The zero-order valence-electron chi connectivity index (χ0n) is 17.9. The number of anilines is 1.